The Morgan fingerprint density at radius 2 is 0.729 bits per heavy atom. The van der Waals surface area contributed by atoms with E-state index in [1.54, 1.807) is 0 Å². The van der Waals surface area contributed by atoms with Gasteiger partial charge in [-0.15, -0.1) is 0 Å². The summed E-state index contributed by atoms with van der Waals surface area (Å²) in [5.41, 5.74) is 20.2. The van der Waals surface area contributed by atoms with Gasteiger partial charge in [-0.2, -0.15) is 0 Å². The molecule has 4 nitrogen and oxygen atoms in total. The van der Waals surface area contributed by atoms with Gasteiger partial charge in [0.15, 0.2) is 11.2 Å². The van der Waals surface area contributed by atoms with Gasteiger partial charge in [-0.3, -0.25) is 0 Å². The fraction of sp³-hybridized carbons (Fsp3) is 0.0886. The number of furan rings is 2. The number of benzene rings is 13. The second kappa shape index (κ2) is 19.2. The molecule has 6 heteroatoms. The van der Waals surface area contributed by atoms with Crippen molar-refractivity contribution in [3.8, 4) is 33.4 Å². The highest BCUT2D eigenvalue weighted by Gasteiger charge is 2.60. The molecule has 85 heavy (non-hydrogen) atoms. The van der Waals surface area contributed by atoms with Crippen molar-refractivity contribution in [2.75, 3.05) is 9.80 Å². The van der Waals surface area contributed by atoms with Crippen LogP contribution in [0.1, 0.15) is 11.1 Å². The van der Waals surface area contributed by atoms with Crippen LogP contribution in [0.25, 0.3) is 110 Å². The molecule has 0 spiro atoms. The Morgan fingerprint density at radius 3 is 1.27 bits per heavy atom. The van der Waals surface area contributed by atoms with Crippen molar-refractivity contribution in [2.45, 2.75) is 43.9 Å². The van der Waals surface area contributed by atoms with Crippen LogP contribution in [0.5, 0.6) is 0 Å². The van der Waals surface area contributed by atoms with E-state index < -0.39 is 16.1 Å². The molecule has 15 aromatic rings. The average Bonchev–Trinajstić information content (AvgIpc) is 1.56. The molecule has 1 aliphatic rings. The molecule has 13 aromatic carbocycles. The number of fused-ring (bicyclic) bond motifs is 16. The van der Waals surface area contributed by atoms with Gasteiger partial charge in [-0.1, -0.05) is 246 Å². The summed E-state index contributed by atoms with van der Waals surface area (Å²) >= 11 is 0. The molecule has 2 aromatic heterocycles. The van der Waals surface area contributed by atoms with Gasteiger partial charge in [0.1, 0.15) is 11.2 Å². The van der Waals surface area contributed by atoms with E-state index in [-0.39, 0.29) is 4.66 Å². The minimum absolute atomic E-state index is 0.214. The largest absolute Gasteiger partial charge is 0.454 e. The van der Waals surface area contributed by atoms with Crippen molar-refractivity contribution >= 4 is 126 Å². The van der Waals surface area contributed by atoms with Crippen molar-refractivity contribution in [2.24, 2.45) is 0 Å². The first-order valence-electron chi connectivity index (χ1n) is 29.7. The molecule has 2 heterocycles. The van der Waals surface area contributed by atoms with Crippen LogP contribution in [-0.4, -0.2) is 16.1 Å². The van der Waals surface area contributed by atoms with Crippen molar-refractivity contribution in [1.82, 2.24) is 0 Å². The minimum atomic E-state index is -2.28. The predicted octanol–water partition coefficient (Wildman–Crippen LogP) is 23.2. The van der Waals surface area contributed by atoms with E-state index in [2.05, 4.69) is 316 Å². The highest BCUT2D eigenvalue weighted by Crippen LogP contribution is 2.64. The molecule has 0 amide bonds. The molecule has 16 rings (SSSR count). The fourth-order valence-corrected chi connectivity index (χ4v) is 28.6. The van der Waals surface area contributed by atoms with E-state index in [9.17, 15) is 0 Å². The van der Waals surface area contributed by atoms with Gasteiger partial charge in [-0.25, -0.2) is 0 Å². The zero-order valence-corrected chi connectivity index (χ0v) is 50.6. The van der Waals surface area contributed by atoms with Crippen molar-refractivity contribution in [3.63, 3.8) is 0 Å². The van der Waals surface area contributed by atoms with E-state index in [1.807, 2.05) is 0 Å². The maximum absolute atomic E-state index is 6.92. The fourth-order valence-electron chi connectivity index (χ4n) is 15.5. The van der Waals surface area contributed by atoms with E-state index >= 15 is 0 Å². The quantitative estimate of drug-likeness (QED) is 0.101. The lowest BCUT2D eigenvalue weighted by atomic mass is 9.90. The molecule has 0 aliphatic heterocycles. The normalized spacial score (nSPS) is 13.2. The predicted molar refractivity (Wildman–Crippen MR) is 367 cm³/mol. The molecule has 0 fully saturated rings. The lowest BCUT2D eigenvalue weighted by molar-refractivity contribution is 0.668. The van der Waals surface area contributed by atoms with Gasteiger partial charge >= 0.3 is 0 Å². The van der Waals surface area contributed by atoms with Crippen LogP contribution < -0.4 is 9.80 Å². The summed E-state index contributed by atoms with van der Waals surface area (Å²) in [6.45, 7) is 15.9. The topological polar surface area (TPSA) is 32.8 Å². The zero-order chi connectivity index (χ0) is 57.3. The number of para-hydroxylation sites is 6. The van der Waals surface area contributed by atoms with E-state index in [1.165, 1.54) is 54.6 Å². The summed E-state index contributed by atoms with van der Waals surface area (Å²) in [7, 11) is -4.57. The van der Waals surface area contributed by atoms with Gasteiger partial charge in [0.25, 0.3) is 0 Å². The Hall–Kier alpha value is -9.73. The number of nitrogens with zero attached hydrogens (tertiary/aromatic N) is 2. The Morgan fingerprint density at radius 1 is 0.294 bits per heavy atom. The Kier molecular flexibility index (Phi) is 11.5. The van der Waals surface area contributed by atoms with Crippen LogP contribution in [0.2, 0.25) is 39.3 Å². The first-order valence-corrected chi connectivity index (χ1v) is 36.7. The standard InChI is InChI=1S/C79H62N2O2Si2/c1-84(2,3)79(85(4,5)6)75-58-47-44-54(80(68-37-19-15-29-56(68)51-25-9-7-10-26-51)70-39-23-35-64-60-32-17-21-41-72(60)82-77(64)70)49-53(58)43-46-66(75)74-62-34-14-13-31-59(62)67-50-55(45-48-63(67)76(74)79)81(69-38-20-16-30-57(69)52-27-11-8-12-28-52)71-40-24-36-65-61-33-18-22-42-73(61)83-78(65)71/h7-50H,1-6H3. The highest BCUT2D eigenvalue weighted by molar-refractivity contribution is 7.00. The molecule has 0 bridgehead atoms. The minimum Gasteiger partial charge on any atom is -0.454 e. The maximum Gasteiger partial charge on any atom is 0.159 e. The monoisotopic (exact) mass is 1130 g/mol. The van der Waals surface area contributed by atoms with Gasteiger partial charge < -0.3 is 18.6 Å². The van der Waals surface area contributed by atoms with Gasteiger partial charge in [0, 0.05) is 48.7 Å². The third kappa shape index (κ3) is 7.58. The lowest BCUT2D eigenvalue weighted by Crippen LogP contribution is -2.63. The van der Waals surface area contributed by atoms with Crippen molar-refractivity contribution < 1.29 is 8.83 Å². The van der Waals surface area contributed by atoms with E-state index in [0.29, 0.717) is 0 Å². The van der Waals surface area contributed by atoms with Crippen LogP contribution in [-0.2, 0) is 4.66 Å². The molecule has 0 radical (unpaired) electrons. The summed E-state index contributed by atoms with van der Waals surface area (Å²) in [4.78, 5) is 4.89. The molecule has 1 aliphatic carbocycles. The number of hydrogen-bond donors (Lipinski definition) is 0. The summed E-state index contributed by atoms with van der Waals surface area (Å²) in [5, 5.41) is 12.1. The molecule has 408 valence electrons. The molecule has 0 unspecified atom stereocenters. The SMILES string of the molecule is C[Si](C)(C)C1([Si](C)(C)C)c2c(ccc3cc(N(c4ccccc4-c4ccccc4)c4cccc5c4oc4ccccc45)ccc23)-c2c1c1ccc(N(c3ccccc3-c3ccccc3)c3cccc4c3oc3ccccc34)cc1c1ccccc21. The van der Waals surface area contributed by atoms with Crippen LogP contribution in [0.4, 0.5) is 34.1 Å². The molecular formula is C79H62N2O2Si2. The van der Waals surface area contributed by atoms with Gasteiger partial charge in [0.05, 0.1) is 38.9 Å². The lowest BCUT2D eigenvalue weighted by Gasteiger charge is -2.52. The van der Waals surface area contributed by atoms with Crippen LogP contribution in [0.15, 0.2) is 276 Å². The van der Waals surface area contributed by atoms with Gasteiger partial charge in [0.2, 0.25) is 0 Å². The van der Waals surface area contributed by atoms with E-state index in [0.717, 1.165) is 100 Å². The molecular weight excluding hydrogens is 1070 g/mol. The summed E-state index contributed by atoms with van der Waals surface area (Å²) in [5.74, 6) is 0. The van der Waals surface area contributed by atoms with Crippen molar-refractivity contribution in [1.29, 1.82) is 0 Å². The zero-order valence-electron chi connectivity index (χ0n) is 48.6. The summed E-state index contributed by atoms with van der Waals surface area (Å²) in [6, 6.07) is 98.1. The second-order valence-corrected chi connectivity index (χ2v) is 36.1. The Balaban J connectivity index is 0.948. The summed E-state index contributed by atoms with van der Waals surface area (Å²) < 4.78 is 13.6. The van der Waals surface area contributed by atoms with Crippen LogP contribution in [0.3, 0.4) is 0 Å². The molecule has 0 atom stereocenters. The first kappa shape index (κ1) is 51.0. The summed E-state index contributed by atoms with van der Waals surface area (Å²) in [6.07, 6.45) is 0. The highest BCUT2D eigenvalue weighted by atomic mass is 28.4. The molecule has 0 saturated carbocycles. The van der Waals surface area contributed by atoms with Crippen LogP contribution >= 0.6 is 0 Å². The van der Waals surface area contributed by atoms with Crippen molar-refractivity contribution in [3.05, 3.63) is 278 Å². The number of rotatable bonds is 10. The Labute approximate surface area is 497 Å². The smallest absolute Gasteiger partial charge is 0.159 e. The maximum atomic E-state index is 6.92. The average molecular weight is 1130 g/mol. The second-order valence-electron chi connectivity index (χ2n) is 25.1. The number of hydrogen-bond acceptors (Lipinski definition) is 4. The molecule has 0 N–H and O–H groups in total. The third-order valence-electron chi connectivity index (χ3n) is 18.5. The number of anilines is 6. The Bertz CT molecular complexity index is 5170. The molecule has 0 saturated heterocycles. The van der Waals surface area contributed by atoms with Crippen LogP contribution in [0, 0.1) is 0 Å². The van der Waals surface area contributed by atoms with E-state index in [4.69, 9.17) is 8.83 Å². The van der Waals surface area contributed by atoms with Gasteiger partial charge in [-0.05, 0) is 126 Å². The first-order chi connectivity index (χ1) is 41.5. The third-order valence-corrected chi connectivity index (χ3v) is 28.5.